The van der Waals surface area contributed by atoms with Gasteiger partial charge >= 0.3 is 12.0 Å². The summed E-state index contributed by atoms with van der Waals surface area (Å²) >= 11 is 0. The molecule has 2 N–H and O–H groups in total. The lowest BCUT2D eigenvalue weighted by molar-refractivity contribution is -0.139. The molecule has 4 rings (SSSR count). The summed E-state index contributed by atoms with van der Waals surface area (Å²) in [6.07, 6.45) is 1.79. The van der Waals surface area contributed by atoms with Crippen LogP contribution in [0.2, 0.25) is 0 Å². The number of para-hydroxylation sites is 1. The van der Waals surface area contributed by atoms with Gasteiger partial charge in [0, 0.05) is 50.2 Å². The molecule has 34 heavy (non-hydrogen) atoms. The number of amides is 2. The molecule has 2 aliphatic heterocycles. The molecule has 0 spiro atoms. The van der Waals surface area contributed by atoms with Crippen LogP contribution in [0.5, 0.6) is 5.75 Å². The standard InChI is InChI=1S/C25H31N5O4/c1-3-33-20-10-6-5-9-18(20)23-22(24(31)34-4-2)19(27-25(32)28-23)17-29-13-15-30(16-14-29)21-11-7-8-12-26-21/h5-12,23H,3-4,13-17H2,1-2H3,(H2,27,28,32). The number of piperazine rings is 1. The number of ether oxygens (including phenoxy) is 2. The number of hydrogen-bond acceptors (Lipinski definition) is 7. The van der Waals surface area contributed by atoms with Crippen molar-refractivity contribution in [1.29, 1.82) is 0 Å². The summed E-state index contributed by atoms with van der Waals surface area (Å²) in [7, 11) is 0. The Morgan fingerprint density at radius 2 is 1.82 bits per heavy atom. The van der Waals surface area contributed by atoms with Crippen molar-refractivity contribution >= 4 is 17.8 Å². The van der Waals surface area contributed by atoms with Crippen molar-refractivity contribution in [2.75, 3.05) is 50.8 Å². The highest BCUT2D eigenvalue weighted by Gasteiger charge is 2.36. The Balaban J connectivity index is 1.60. The first-order valence-electron chi connectivity index (χ1n) is 11.7. The van der Waals surface area contributed by atoms with Crippen LogP contribution >= 0.6 is 0 Å². The van der Waals surface area contributed by atoms with Crippen LogP contribution in [-0.2, 0) is 9.53 Å². The summed E-state index contributed by atoms with van der Waals surface area (Å²) in [4.78, 5) is 34.6. The lowest BCUT2D eigenvalue weighted by Crippen LogP contribution is -2.52. The maximum Gasteiger partial charge on any atom is 0.338 e. The summed E-state index contributed by atoms with van der Waals surface area (Å²) in [6.45, 7) is 7.99. The second-order valence-corrected chi connectivity index (χ2v) is 8.07. The molecule has 0 saturated carbocycles. The number of urea groups is 1. The van der Waals surface area contributed by atoms with E-state index in [0.717, 1.165) is 37.6 Å². The molecule has 1 atom stereocenters. The quantitative estimate of drug-likeness (QED) is 0.578. The van der Waals surface area contributed by atoms with Crippen LogP contribution in [-0.4, -0.2) is 67.8 Å². The highest BCUT2D eigenvalue weighted by molar-refractivity contribution is 5.95. The Labute approximate surface area is 199 Å². The fourth-order valence-electron chi connectivity index (χ4n) is 4.33. The molecule has 0 radical (unpaired) electrons. The highest BCUT2D eigenvalue weighted by Crippen LogP contribution is 2.34. The van der Waals surface area contributed by atoms with Gasteiger partial charge in [-0.2, -0.15) is 0 Å². The Bertz CT molecular complexity index is 1030. The monoisotopic (exact) mass is 465 g/mol. The van der Waals surface area contributed by atoms with Crippen molar-refractivity contribution in [3.63, 3.8) is 0 Å². The van der Waals surface area contributed by atoms with Gasteiger partial charge in [-0.3, -0.25) is 4.90 Å². The SMILES string of the molecule is CCOC(=O)C1=C(CN2CCN(c3ccccn3)CC2)NC(=O)NC1c1ccccc1OCC. The van der Waals surface area contributed by atoms with Crippen molar-refractivity contribution in [2.45, 2.75) is 19.9 Å². The van der Waals surface area contributed by atoms with Crippen LogP contribution in [0.15, 0.2) is 59.9 Å². The molecule has 2 aromatic rings. The Morgan fingerprint density at radius 1 is 1.06 bits per heavy atom. The van der Waals surface area contributed by atoms with Gasteiger partial charge in [-0.15, -0.1) is 0 Å². The smallest absolute Gasteiger partial charge is 0.338 e. The Hall–Kier alpha value is -3.59. The topological polar surface area (TPSA) is 96.0 Å². The molecule has 1 fully saturated rings. The first kappa shape index (κ1) is 23.6. The molecule has 0 aliphatic carbocycles. The third kappa shape index (κ3) is 5.31. The lowest BCUT2D eigenvalue weighted by Gasteiger charge is -2.37. The van der Waals surface area contributed by atoms with E-state index in [1.54, 1.807) is 13.1 Å². The largest absolute Gasteiger partial charge is 0.494 e. The lowest BCUT2D eigenvalue weighted by atomic mass is 9.94. The average Bonchev–Trinajstić information content (AvgIpc) is 2.85. The van der Waals surface area contributed by atoms with Crippen LogP contribution in [0.3, 0.4) is 0 Å². The van der Waals surface area contributed by atoms with Crippen molar-refractivity contribution in [2.24, 2.45) is 0 Å². The average molecular weight is 466 g/mol. The number of nitrogens with zero attached hydrogens (tertiary/aromatic N) is 3. The zero-order chi connectivity index (χ0) is 23.9. The van der Waals surface area contributed by atoms with Crippen molar-refractivity contribution in [3.8, 4) is 5.75 Å². The number of hydrogen-bond donors (Lipinski definition) is 2. The van der Waals surface area contributed by atoms with Gasteiger partial charge in [-0.25, -0.2) is 14.6 Å². The zero-order valence-corrected chi connectivity index (χ0v) is 19.6. The zero-order valence-electron chi connectivity index (χ0n) is 19.6. The maximum atomic E-state index is 13.1. The van der Waals surface area contributed by atoms with E-state index in [4.69, 9.17) is 9.47 Å². The molecule has 180 valence electrons. The molecule has 3 heterocycles. The van der Waals surface area contributed by atoms with E-state index in [2.05, 4.69) is 25.4 Å². The molecule has 2 amide bonds. The second-order valence-electron chi connectivity index (χ2n) is 8.07. The number of esters is 1. The van der Waals surface area contributed by atoms with Crippen molar-refractivity contribution in [3.05, 3.63) is 65.5 Å². The highest BCUT2D eigenvalue weighted by atomic mass is 16.5. The molecule has 9 heteroatoms. The van der Waals surface area contributed by atoms with Gasteiger partial charge in [0.05, 0.1) is 24.8 Å². The summed E-state index contributed by atoms with van der Waals surface area (Å²) < 4.78 is 11.2. The van der Waals surface area contributed by atoms with E-state index < -0.39 is 12.0 Å². The van der Waals surface area contributed by atoms with Crippen LogP contribution < -0.4 is 20.3 Å². The third-order valence-corrected chi connectivity index (χ3v) is 5.91. The fraction of sp³-hybridized carbons (Fsp3) is 0.400. The predicted molar refractivity (Wildman–Crippen MR) is 129 cm³/mol. The fourth-order valence-corrected chi connectivity index (χ4v) is 4.33. The number of aromatic nitrogens is 1. The normalized spacial score (nSPS) is 18.8. The first-order chi connectivity index (χ1) is 16.6. The molecular weight excluding hydrogens is 434 g/mol. The molecular formula is C25H31N5O4. The Morgan fingerprint density at radius 3 is 2.53 bits per heavy atom. The van der Waals surface area contributed by atoms with Gasteiger partial charge in [0.15, 0.2) is 0 Å². The molecule has 0 bridgehead atoms. The van der Waals surface area contributed by atoms with Gasteiger partial charge in [0.2, 0.25) is 0 Å². The number of nitrogens with one attached hydrogen (secondary N) is 2. The molecule has 1 unspecified atom stereocenters. The maximum absolute atomic E-state index is 13.1. The first-order valence-corrected chi connectivity index (χ1v) is 11.7. The van der Waals surface area contributed by atoms with Gasteiger partial charge < -0.3 is 25.0 Å². The van der Waals surface area contributed by atoms with E-state index in [0.29, 0.717) is 30.2 Å². The predicted octanol–water partition coefficient (Wildman–Crippen LogP) is 2.47. The van der Waals surface area contributed by atoms with Crippen LogP contribution in [0.1, 0.15) is 25.5 Å². The van der Waals surface area contributed by atoms with Gasteiger partial charge in [0.1, 0.15) is 11.6 Å². The summed E-state index contributed by atoms with van der Waals surface area (Å²) in [6, 6.07) is 12.3. The number of rotatable bonds is 8. The number of anilines is 1. The molecule has 1 aromatic carbocycles. The van der Waals surface area contributed by atoms with Gasteiger partial charge in [0.25, 0.3) is 0 Å². The number of carbonyl (C=O) groups excluding carboxylic acids is 2. The summed E-state index contributed by atoms with van der Waals surface area (Å²) in [5.74, 6) is 1.13. The number of benzene rings is 1. The van der Waals surface area contributed by atoms with E-state index in [1.165, 1.54) is 0 Å². The van der Waals surface area contributed by atoms with Crippen LogP contribution in [0, 0.1) is 0 Å². The number of pyridine rings is 1. The minimum atomic E-state index is -0.666. The van der Waals surface area contributed by atoms with E-state index in [-0.39, 0.29) is 12.6 Å². The van der Waals surface area contributed by atoms with Crippen LogP contribution in [0.4, 0.5) is 10.6 Å². The van der Waals surface area contributed by atoms with E-state index in [1.807, 2.05) is 49.4 Å². The van der Waals surface area contributed by atoms with Gasteiger partial charge in [-0.05, 0) is 32.0 Å². The van der Waals surface area contributed by atoms with Crippen LogP contribution in [0.25, 0.3) is 0 Å². The minimum absolute atomic E-state index is 0.242. The molecule has 9 nitrogen and oxygen atoms in total. The second kappa shape index (κ2) is 11.0. The third-order valence-electron chi connectivity index (χ3n) is 5.91. The van der Waals surface area contributed by atoms with Crippen molar-refractivity contribution < 1.29 is 19.1 Å². The number of carbonyl (C=O) groups is 2. The van der Waals surface area contributed by atoms with Crippen molar-refractivity contribution in [1.82, 2.24) is 20.5 Å². The molecule has 1 aromatic heterocycles. The Kier molecular flexibility index (Phi) is 7.64. The van der Waals surface area contributed by atoms with E-state index >= 15 is 0 Å². The summed E-state index contributed by atoms with van der Waals surface area (Å²) in [5.41, 5.74) is 1.69. The van der Waals surface area contributed by atoms with Gasteiger partial charge in [-0.1, -0.05) is 24.3 Å². The molecule has 1 saturated heterocycles. The van der Waals surface area contributed by atoms with E-state index in [9.17, 15) is 9.59 Å². The minimum Gasteiger partial charge on any atom is -0.494 e. The summed E-state index contributed by atoms with van der Waals surface area (Å²) in [5, 5.41) is 5.76. The molecule has 2 aliphatic rings.